The standard InChI is InChI=1S/C33H61N5O5/c1-8-16-37(17-9-2)33(43)27-20-25(19-26(21-27)32(42)36(6)7)31(41)34-28(18-24-14-12-11-13-15-24)29(39)22-38(10-3)35-30(40)23(4)5/h23-29,39H,8-22H2,1-7H3,(H,34,41)(H,35,40). The minimum absolute atomic E-state index is 0.0380. The molecule has 0 spiro atoms. The monoisotopic (exact) mass is 607 g/mol. The van der Waals surface area contributed by atoms with E-state index in [1.54, 1.807) is 24.0 Å². The van der Waals surface area contributed by atoms with Crippen LogP contribution in [0.25, 0.3) is 0 Å². The zero-order chi connectivity index (χ0) is 32.1. The first-order valence-electron chi connectivity index (χ1n) is 16.9. The molecule has 248 valence electrons. The Labute approximate surface area is 260 Å². The predicted molar refractivity (Wildman–Crippen MR) is 170 cm³/mol. The predicted octanol–water partition coefficient (Wildman–Crippen LogP) is 3.58. The summed E-state index contributed by atoms with van der Waals surface area (Å²) in [6.45, 7) is 11.7. The fourth-order valence-corrected chi connectivity index (χ4v) is 6.72. The second-order valence-corrected chi connectivity index (χ2v) is 13.4. The van der Waals surface area contributed by atoms with Crippen molar-refractivity contribution in [1.29, 1.82) is 0 Å². The molecule has 0 radical (unpaired) electrons. The first-order chi connectivity index (χ1) is 20.4. The Morgan fingerprint density at radius 3 is 1.91 bits per heavy atom. The number of amides is 4. The first-order valence-corrected chi connectivity index (χ1v) is 16.9. The van der Waals surface area contributed by atoms with Crippen LogP contribution < -0.4 is 10.7 Å². The molecule has 0 aromatic carbocycles. The summed E-state index contributed by atoms with van der Waals surface area (Å²) in [5.74, 6) is -1.38. The third-order valence-corrected chi connectivity index (χ3v) is 9.20. The molecule has 0 aromatic rings. The quantitative estimate of drug-likeness (QED) is 0.231. The highest BCUT2D eigenvalue weighted by molar-refractivity contribution is 5.86. The van der Waals surface area contributed by atoms with Gasteiger partial charge in [0.05, 0.1) is 12.1 Å². The number of nitrogens with zero attached hydrogens (tertiary/aromatic N) is 3. The zero-order valence-corrected chi connectivity index (χ0v) is 28.1. The van der Waals surface area contributed by atoms with Gasteiger partial charge in [0.25, 0.3) is 0 Å². The van der Waals surface area contributed by atoms with Crippen molar-refractivity contribution in [3.8, 4) is 0 Å². The summed E-state index contributed by atoms with van der Waals surface area (Å²) < 4.78 is 0. The van der Waals surface area contributed by atoms with Gasteiger partial charge in [-0.05, 0) is 44.4 Å². The lowest BCUT2D eigenvalue weighted by atomic mass is 9.73. The maximum absolute atomic E-state index is 13.9. The average Bonchev–Trinajstić information content (AvgIpc) is 2.99. The summed E-state index contributed by atoms with van der Waals surface area (Å²) in [6, 6.07) is -0.489. The maximum Gasteiger partial charge on any atom is 0.236 e. The number of hydrogen-bond acceptors (Lipinski definition) is 6. The van der Waals surface area contributed by atoms with E-state index in [1.807, 2.05) is 25.7 Å². The Balaban J connectivity index is 2.26. The van der Waals surface area contributed by atoms with Crippen molar-refractivity contribution in [2.24, 2.45) is 29.6 Å². The van der Waals surface area contributed by atoms with E-state index in [1.165, 1.54) is 6.42 Å². The maximum atomic E-state index is 13.9. The molecule has 0 saturated heterocycles. The Kier molecular flexibility index (Phi) is 16.0. The second-order valence-electron chi connectivity index (χ2n) is 13.4. The van der Waals surface area contributed by atoms with Crippen molar-refractivity contribution in [1.82, 2.24) is 25.6 Å². The molecular formula is C33H61N5O5. The van der Waals surface area contributed by atoms with Crippen LogP contribution in [0.5, 0.6) is 0 Å². The van der Waals surface area contributed by atoms with Crippen LogP contribution >= 0.6 is 0 Å². The fraction of sp³-hybridized carbons (Fsp3) is 0.879. The van der Waals surface area contributed by atoms with Crippen LogP contribution in [0.3, 0.4) is 0 Å². The number of likely N-dealkylation sites (N-methyl/N-ethyl adjacent to an activating group) is 1. The van der Waals surface area contributed by atoms with Crippen LogP contribution in [0, 0.1) is 29.6 Å². The molecule has 0 aliphatic heterocycles. The van der Waals surface area contributed by atoms with Gasteiger partial charge in [0.1, 0.15) is 0 Å². The summed E-state index contributed by atoms with van der Waals surface area (Å²) >= 11 is 0. The largest absolute Gasteiger partial charge is 0.390 e. The number of rotatable bonds is 16. The number of aliphatic hydroxyl groups is 1. The van der Waals surface area contributed by atoms with E-state index >= 15 is 0 Å². The normalized spacial score (nSPS) is 22.6. The fourth-order valence-electron chi connectivity index (χ4n) is 6.72. The van der Waals surface area contributed by atoms with Crippen molar-refractivity contribution in [3.05, 3.63) is 0 Å². The van der Waals surface area contributed by atoms with Crippen LogP contribution in [0.4, 0.5) is 0 Å². The molecule has 3 N–H and O–H groups in total. The van der Waals surface area contributed by atoms with E-state index in [2.05, 4.69) is 24.6 Å². The molecule has 43 heavy (non-hydrogen) atoms. The Morgan fingerprint density at radius 2 is 1.40 bits per heavy atom. The van der Waals surface area contributed by atoms with Crippen LogP contribution in [0.15, 0.2) is 0 Å². The van der Waals surface area contributed by atoms with Crippen LogP contribution in [-0.2, 0) is 19.2 Å². The summed E-state index contributed by atoms with van der Waals surface area (Å²) in [5, 5.41) is 16.4. The van der Waals surface area contributed by atoms with Crippen molar-refractivity contribution < 1.29 is 24.3 Å². The summed E-state index contributed by atoms with van der Waals surface area (Å²) in [4.78, 5) is 56.5. The number of carbonyl (C=O) groups excluding carboxylic acids is 4. The van der Waals surface area contributed by atoms with Gasteiger partial charge in [-0.3, -0.25) is 24.6 Å². The average molecular weight is 608 g/mol. The van der Waals surface area contributed by atoms with Gasteiger partial charge in [-0.25, -0.2) is 5.01 Å². The van der Waals surface area contributed by atoms with E-state index in [9.17, 15) is 24.3 Å². The van der Waals surface area contributed by atoms with Gasteiger partial charge in [0, 0.05) is 63.9 Å². The lowest BCUT2D eigenvalue weighted by molar-refractivity contribution is -0.143. The third kappa shape index (κ3) is 11.7. The van der Waals surface area contributed by atoms with E-state index in [0.717, 1.165) is 38.5 Å². The molecule has 2 saturated carbocycles. The highest BCUT2D eigenvalue weighted by Gasteiger charge is 2.41. The van der Waals surface area contributed by atoms with E-state index in [4.69, 9.17) is 0 Å². The summed E-state index contributed by atoms with van der Waals surface area (Å²) in [7, 11) is 3.44. The Morgan fingerprint density at radius 1 is 0.837 bits per heavy atom. The molecule has 2 aliphatic carbocycles. The molecule has 5 unspecified atom stereocenters. The number of hydrazine groups is 1. The Hall–Kier alpha value is -2.20. The van der Waals surface area contributed by atoms with Gasteiger partial charge in [-0.1, -0.05) is 66.7 Å². The van der Waals surface area contributed by atoms with E-state index in [0.29, 0.717) is 51.2 Å². The molecule has 2 fully saturated rings. The topological polar surface area (TPSA) is 122 Å². The molecule has 2 rings (SSSR count). The second kappa shape index (κ2) is 18.6. The molecule has 0 bridgehead atoms. The van der Waals surface area contributed by atoms with Crippen LogP contribution in [0.1, 0.15) is 105 Å². The van der Waals surface area contributed by atoms with Gasteiger partial charge in [0.2, 0.25) is 23.6 Å². The summed E-state index contributed by atoms with van der Waals surface area (Å²) in [6.07, 6.45) is 8.42. The van der Waals surface area contributed by atoms with Crippen molar-refractivity contribution in [3.63, 3.8) is 0 Å². The van der Waals surface area contributed by atoms with Gasteiger partial charge < -0.3 is 20.2 Å². The minimum Gasteiger partial charge on any atom is -0.390 e. The molecule has 0 heterocycles. The SMILES string of the molecule is CCCN(CCC)C(=O)C1CC(C(=O)NC(CC2CCCCC2)C(O)CN(CC)NC(=O)C(C)C)CC(C(=O)N(C)C)C1. The lowest BCUT2D eigenvalue weighted by Gasteiger charge is -2.38. The van der Waals surface area contributed by atoms with Crippen LogP contribution in [-0.4, -0.2) is 96.0 Å². The van der Waals surface area contributed by atoms with Crippen LogP contribution in [0.2, 0.25) is 0 Å². The lowest BCUT2D eigenvalue weighted by Crippen LogP contribution is -2.55. The van der Waals surface area contributed by atoms with Crippen molar-refractivity contribution in [2.45, 2.75) is 117 Å². The smallest absolute Gasteiger partial charge is 0.236 e. The molecule has 5 atom stereocenters. The van der Waals surface area contributed by atoms with Gasteiger partial charge in [-0.2, -0.15) is 0 Å². The number of nitrogens with one attached hydrogen (secondary N) is 2. The molecular weight excluding hydrogens is 546 g/mol. The van der Waals surface area contributed by atoms with Crippen molar-refractivity contribution >= 4 is 23.6 Å². The van der Waals surface area contributed by atoms with E-state index < -0.39 is 24.0 Å². The van der Waals surface area contributed by atoms with Gasteiger partial charge in [-0.15, -0.1) is 0 Å². The molecule has 10 heteroatoms. The van der Waals surface area contributed by atoms with Crippen molar-refractivity contribution in [2.75, 3.05) is 40.3 Å². The number of carbonyl (C=O) groups is 4. The molecule has 0 aromatic heterocycles. The number of hydrogen-bond donors (Lipinski definition) is 3. The third-order valence-electron chi connectivity index (χ3n) is 9.20. The highest BCUT2D eigenvalue weighted by Crippen LogP contribution is 2.36. The van der Waals surface area contributed by atoms with E-state index in [-0.39, 0.29) is 42.0 Å². The highest BCUT2D eigenvalue weighted by atomic mass is 16.3. The van der Waals surface area contributed by atoms with Gasteiger partial charge in [0.15, 0.2) is 0 Å². The zero-order valence-electron chi connectivity index (χ0n) is 28.1. The Bertz CT molecular complexity index is 885. The molecule has 2 aliphatic rings. The molecule has 4 amide bonds. The first kappa shape index (κ1) is 37.0. The van der Waals surface area contributed by atoms with Gasteiger partial charge >= 0.3 is 0 Å². The number of aliphatic hydroxyl groups excluding tert-OH is 1. The minimum atomic E-state index is -0.886. The summed E-state index contributed by atoms with van der Waals surface area (Å²) in [5.41, 5.74) is 2.89. The molecule has 10 nitrogen and oxygen atoms in total.